The van der Waals surface area contributed by atoms with Crippen molar-refractivity contribution in [1.29, 1.82) is 0 Å². The average molecular weight is 341 g/mol. The summed E-state index contributed by atoms with van der Waals surface area (Å²) in [5.41, 5.74) is 1.12. The van der Waals surface area contributed by atoms with E-state index in [1.54, 1.807) is 6.33 Å². The smallest absolute Gasteiger partial charge is 0.158 e. The number of ether oxygens (including phenoxy) is 1. The number of aromatic nitrogens is 4. The van der Waals surface area contributed by atoms with Crippen LogP contribution in [0.5, 0.6) is 0 Å². The summed E-state index contributed by atoms with van der Waals surface area (Å²) in [6.45, 7) is 6.12. The third-order valence-corrected chi connectivity index (χ3v) is 5.13. The molecule has 0 amide bonds. The van der Waals surface area contributed by atoms with Gasteiger partial charge in [0.25, 0.3) is 0 Å². The van der Waals surface area contributed by atoms with Crippen molar-refractivity contribution in [3.05, 3.63) is 30.4 Å². The summed E-state index contributed by atoms with van der Waals surface area (Å²) in [6.07, 6.45) is 12.3. The number of nitrogens with zero attached hydrogens (tertiary/aromatic N) is 5. The van der Waals surface area contributed by atoms with Crippen molar-refractivity contribution in [3.8, 4) is 5.82 Å². The second-order valence-electron chi connectivity index (χ2n) is 7.38. The number of aryl methyl sites for hydroxylation is 1. The number of anilines is 1. The molecule has 3 heterocycles. The maximum atomic E-state index is 6.38. The molecule has 2 aromatic rings. The minimum Gasteiger partial charge on any atom is -0.371 e. The molecule has 1 aliphatic carbocycles. The summed E-state index contributed by atoms with van der Waals surface area (Å²) in [4.78, 5) is 11.3. The van der Waals surface area contributed by atoms with E-state index in [9.17, 15) is 0 Å². The molecule has 1 saturated heterocycles. The van der Waals surface area contributed by atoms with Crippen LogP contribution in [0.3, 0.4) is 0 Å². The van der Waals surface area contributed by atoms with Crippen LogP contribution in [0, 0.1) is 12.8 Å². The largest absolute Gasteiger partial charge is 0.371 e. The summed E-state index contributed by atoms with van der Waals surface area (Å²) in [5, 5.41) is 4.36. The zero-order valence-electron chi connectivity index (χ0n) is 15.1. The minimum atomic E-state index is 0.310. The van der Waals surface area contributed by atoms with Crippen LogP contribution in [-0.2, 0) is 4.74 Å². The first-order valence-electron chi connectivity index (χ1n) is 9.47. The van der Waals surface area contributed by atoms with E-state index in [0.29, 0.717) is 12.2 Å². The Hall–Kier alpha value is -1.95. The number of rotatable bonds is 6. The molecular weight excluding hydrogens is 314 g/mol. The first-order valence-corrected chi connectivity index (χ1v) is 9.47. The van der Waals surface area contributed by atoms with Crippen LogP contribution in [0.2, 0.25) is 0 Å². The highest BCUT2D eigenvalue weighted by atomic mass is 16.5. The molecule has 1 aliphatic heterocycles. The predicted octanol–water partition coefficient (Wildman–Crippen LogP) is 3.14. The molecule has 1 saturated carbocycles. The fraction of sp³-hybridized carbons (Fsp3) is 0.632. The maximum Gasteiger partial charge on any atom is 0.158 e. The van der Waals surface area contributed by atoms with E-state index in [-0.39, 0.29) is 0 Å². The predicted molar refractivity (Wildman–Crippen MR) is 97.0 cm³/mol. The molecule has 0 unspecified atom stereocenters. The molecule has 4 rings (SSSR count). The van der Waals surface area contributed by atoms with Crippen LogP contribution < -0.4 is 4.90 Å². The van der Waals surface area contributed by atoms with Gasteiger partial charge in [0.05, 0.1) is 18.4 Å². The lowest BCUT2D eigenvalue weighted by Gasteiger charge is -2.39. The Balaban J connectivity index is 1.54. The lowest BCUT2D eigenvalue weighted by atomic mass is 10.1. The number of hydrogen-bond donors (Lipinski definition) is 0. The van der Waals surface area contributed by atoms with E-state index >= 15 is 0 Å². The van der Waals surface area contributed by atoms with Gasteiger partial charge in [0.2, 0.25) is 0 Å². The van der Waals surface area contributed by atoms with Gasteiger partial charge in [-0.1, -0.05) is 19.8 Å². The Morgan fingerprint density at radius 2 is 2.04 bits per heavy atom. The summed E-state index contributed by atoms with van der Waals surface area (Å²) in [7, 11) is 0. The molecule has 6 heteroatoms. The molecule has 0 aromatic carbocycles. The van der Waals surface area contributed by atoms with Gasteiger partial charge >= 0.3 is 0 Å². The van der Waals surface area contributed by atoms with Crippen LogP contribution in [0.4, 0.5) is 5.82 Å². The highest BCUT2D eigenvalue weighted by Crippen LogP contribution is 2.38. The quantitative estimate of drug-likeness (QED) is 0.808. The standard InChI is InChI=1S/C19H27N5O/c1-3-4-5-16-11-23(12-17(25-16)15-6-7-15)18-8-19(21-13-20-18)24-10-14(2)9-22-24/h8-10,13,15-17H,3-7,11-12H2,1-2H3/t16-,17-/m1/s1. The fourth-order valence-electron chi connectivity index (χ4n) is 3.55. The van der Waals surface area contributed by atoms with E-state index in [1.807, 2.05) is 30.1 Å². The van der Waals surface area contributed by atoms with E-state index in [2.05, 4.69) is 26.9 Å². The molecular formula is C19H27N5O. The van der Waals surface area contributed by atoms with E-state index in [4.69, 9.17) is 4.74 Å². The number of hydrogen-bond acceptors (Lipinski definition) is 5. The molecule has 6 nitrogen and oxygen atoms in total. The molecule has 0 N–H and O–H groups in total. The Morgan fingerprint density at radius 1 is 1.20 bits per heavy atom. The van der Waals surface area contributed by atoms with Crippen molar-refractivity contribution in [3.63, 3.8) is 0 Å². The van der Waals surface area contributed by atoms with Crippen molar-refractivity contribution in [2.45, 2.75) is 58.2 Å². The monoisotopic (exact) mass is 341 g/mol. The van der Waals surface area contributed by atoms with Crippen molar-refractivity contribution in [1.82, 2.24) is 19.7 Å². The van der Waals surface area contributed by atoms with Gasteiger partial charge in [-0.2, -0.15) is 5.10 Å². The van der Waals surface area contributed by atoms with Gasteiger partial charge in [0.1, 0.15) is 12.1 Å². The third-order valence-electron chi connectivity index (χ3n) is 5.13. The van der Waals surface area contributed by atoms with Gasteiger partial charge in [0, 0.05) is 25.4 Å². The topological polar surface area (TPSA) is 56.1 Å². The lowest BCUT2D eigenvalue weighted by Crippen LogP contribution is -2.49. The van der Waals surface area contributed by atoms with Crippen LogP contribution >= 0.6 is 0 Å². The lowest BCUT2D eigenvalue weighted by molar-refractivity contribution is -0.0411. The normalized spacial score (nSPS) is 23.8. The fourth-order valence-corrected chi connectivity index (χ4v) is 3.55. The summed E-state index contributed by atoms with van der Waals surface area (Å²) in [5.74, 6) is 2.54. The first kappa shape index (κ1) is 16.5. The summed E-state index contributed by atoms with van der Waals surface area (Å²) >= 11 is 0. The van der Waals surface area contributed by atoms with Gasteiger partial charge < -0.3 is 9.64 Å². The van der Waals surface area contributed by atoms with Crippen molar-refractivity contribution < 1.29 is 4.74 Å². The van der Waals surface area contributed by atoms with Gasteiger partial charge in [-0.05, 0) is 37.7 Å². The molecule has 2 aliphatic rings. The van der Waals surface area contributed by atoms with Crippen molar-refractivity contribution in [2.24, 2.45) is 5.92 Å². The summed E-state index contributed by atoms with van der Waals surface area (Å²) < 4.78 is 8.19. The van der Waals surface area contributed by atoms with Crippen LogP contribution in [-0.4, -0.2) is 45.0 Å². The molecule has 0 spiro atoms. The zero-order chi connectivity index (χ0) is 17.2. The van der Waals surface area contributed by atoms with Gasteiger partial charge in [0.15, 0.2) is 5.82 Å². The average Bonchev–Trinajstić information content (AvgIpc) is 3.41. The Morgan fingerprint density at radius 3 is 2.76 bits per heavy atom. The minimum absolute atomic E-state index is 0.310. The van der Waals surface area contributed by atoms with E-state index in [1.165, 1.54) is 25.7 Å². The molecule has 2 aromatic heterocycles. The molecule has 25 heavy (non-hydrogen) atoms. The van der Waals surface area contributed by atoms with Crippen LogP contribution in [0.15, 0.2) is 24.8 Å². The van der Waals surface area contributed by atoms with Gasteiger partial charge in [-0.3, -0.25) is 0 Å². The summed E-state index contributed by atoms with van der Waals surface area (Å²) in [6, 6.07) is 2.04. The Labute approximate surface area is 149 Å². The first-order chi connectivity index (χ1) is 12.2. The maximum absolute atomic E-state index is 6.38. The molecule has 2 atom stereocenters. The molecule has 0 bridgehead atoms. The third kappa shape index (κ3) is 3.84. The van der Waals surface area contributed by atoms with Crippen LogP contribution in [0.25, 0.3) is 5.82 Å². The second kappa shape index (κ2) is 7.12. The van der Waals surface area contributed by atoms with Crippen molar-refractivity contribution >= 4 is 5.82 Å². The Kier molecular flexibility index (Phi) is 4.70. The van der Waals surface area contributed by atoms with Crippen molar-refractivity contribution in [2.75, 3.05) is 18.0 Å². The highest BCUT2D eigenvalue weighted by molar-refractivity contribution is 5.44. The zero-order valence-corrected chi connectivity index (χ0v) is 15.1. The molecule has 2 fully saturated rings. The highest BCUT2D eigenvalue weighted by Gasteiger charge is 2.38. The second-order valence-corrected chi connectivity index (χ2v) is 7.38. The number of morpholine rings is 1. The van der Waals surface area contributed by atoms with E-state index < -0.39 is 0 Å². The Bertz CT molecular complexity index is 711. The number of unbranched alkanes of at least 4 members (excludes halogenated alkanes) is 1. The van der Waals surface area contributed by atoms with Crippen LogP contribution in [0.1, 0.15) is 44.6 Å². The SMILES string of the molecule is CCCC[C@@H]1CN(c2cc(-n3cc(C)cn3)ncn2)C[C@H](C2CC2)O1. The molecule has 134 valence electrons. The molecule has 0 radical (unpaired) electrons. The van der Waals surface area contributed by atoms with E-state index in [0.717, 1.165) is 42.6 Å². The van der Waals surface area contributed by atoms with Gasteiger partial charge in [-0.25, -0.2) is 14.6 Å². The van der Waals surface area contributed by atoms with Gasteiger partial charge in [-0.15, -0.1) is 0 Å².